The zero-order valence-electron chi connectivity index (χ0n) is 12.8. The maximum absolute atomic E-state index is 2.25. The van der Waals surface area contributed by atoms with Gasteiger partial charge in [0.1, 0.15) is 0 Å². The highest BCUT2D eigenvalue weighted by Gasteiger charge is 2.00. The molecule has 0 unspecified atom stereocenters. The Kier molecular flexibility index (Phi) is 4.97. The van der Waals surface area contributed by atoms with E-state index in [1.54, 1.807) is 0 Å². The standard InChI is InChI=1S/C21H20S/c1-17-7-5-6-10-21(17)22-16-15-18-11-13-20(14-12-18)19-8-3-2-4-9-19/h2-14H,15-16H2,1H3. The van der Waals surface area contributed by atoms with Crippen molar-refractivity contribution in [2.45, 2.75) is 18.2 Å². The summed E-state index contributed by atoms with van der Waals surface area (Å²) in [4.78, 5) is 1.39. The summed E-state index contributed by atoms with van der Waals surface area (Å²) in [7, 11) is 0. The molecule has 0 fully saturated rings. The Morgan fingerprint density at radius 3 is 2.05 bits per heavy atom. The van der Waals surface area contributed by atoms with Crippen molar-refractivity contribution in [3.63, 3.8) is 0 Å². The van der Waals surface area contributed by atoms with E-state index in [0.29, 0.717) is 0 Å². The van der Waals surface area contributed by atoms with Crippen LogP contribution < -0.4 is 0 Å². The first-order valence-corrected chi connectivity index (χ1v) is 8.64. The van der Waals surface area contributed by atoms with Gasteiger partial charge in [-0.1, -0.05) is 72.8 Å². The molecule has 3 aromatic carbocycles. The molecule has 3 rings (SSSR count). The zero-order valence-corrected chi connectivity index (χ0v) is 13.6. The van der Waals surface area contributed by atoms with Gasteiger partial charge in [0.15, 0.2) is 0 Å². The minimum Gasteiger partial charge on any atom is -0.126 e. The fourth-order valence-electron chi connectivity index (χ4n) is 2.49. The minimum absolute atomic E-state index is 1.11. The SMILES string of the molecule is Cc1ccccc1SCCc1ccc(-c2ccccc2)cc1. The molecule has 0 aliphatic carbocycles. The van der Waals surface area contributed by atoms with E-state index in [4.69, 9.17) is 0 Å². The van der Waals surface area contributed by atoms with Crippen molar-refractivity contribution < 1.29 is 0 Å². The van der Waals surface area contributed by atoms with E-state index in [1.807, 2.05) is 11.8 Å². The van der Waals surface area contributed by atoms with E-state index in [2.05, 4.69) is 85.8 Å². The Hall–Kier alpha value is -1.99. The predicted molar refractivity (Wildman–Crippen MR) is 97.5 cm³/mol. The fourth-order valence-corrected chi connectivity index (χ4v) is 3.52. The van der Waals surface area contributed by atoms with Gasteiger partial charge in [0.05, 0.1) is 0 Å². The topological polar surface area (TPSA) is 0 Å². The highest BCUT2D eigenvalue weighted by atomic mass is 32.2. The summed E-state index contributed by atoms with van der Waals surface area (Å²) >= 11 is 1.94. The second-order valence-corrected chi connectivity index (χ2v) is 6.56. The second-order valence-electron chi connectivity index (χ2n) is 5.43. The molecular weight excluding hydrogens is 284 g/mol. The summed E-state index contributed by atoms with van der Waals surface area (Å²) < 4.78 is 0. The lowest BCUT2D eigenvalue weighted by Crippen LogP contribution is -1.89. The highest BCUT2D eigenvalue weighted by molar-refractivity contribution is 7.99. The van der Waals surface area contributed by atoms with Gasteiger partial charge in [-0.25, -0.2) is 0 Å². The first-order chi connectivity index (χ1) is 10.8. The molecule has 0 N–H and O–H groups in total. The molecule has 0 radical (unpaired) electrons. The maximum atomic E-state index is 2.25. The smallest absolute Gasteiger partial charge is 0.0101 e. The van der Waals surface area contributed by atoms with Crippen LogP contribution >= 0.6 is 11.8 Å². The van der Waals surface area contributed by atoms with Gasteiger partial charge in [-0.3, -0.25) is 0 Å². The minimum atomic E-state index is 1.11. The fraction of sp³-hybridized carbons (Fsp3) is 0.143. The van der Waals surface area contributed by atoms with Crippen LogP contribution in [0.5, 0.6) is 0 Å². The van der Waals surface area contributed by atoms with Crippen molar-refractivity contribution in [1.82, 2.24) is 0 Å². The second kappa shape index (κ2) is 7.33. The molecule has 0 aromatic heterocycles. The number of thioether (sulfide) groups is 1. The highest BCUT2D eigenvalue weighted by Crippen LogP contribution is 2.24. The lowest BCUT2D eigenvalue weighted by molar-refractivity contribution is 1.15. The van der Waals surface area contributed by atoms with E-state index >= 15 is 0 Å². The third-order valence-electron chi connectivity index (χ3n) is 3.80. The molecule has 0 aliphatic heterocycles. The molecule has 0 saturated heterocycles. The van der Waals surface area contributed by atoms with Crippen molar-refractivity contribution in [1.29, 1.82) is 0 Å². The van der Waals surface area contributed by atoms with Gasteiger partial charge < -0.3 is 0 Å². The molecule has 1 heteroatoms. The molecular formula is C21H20S. The molecule has 0 saturated carbocycles. The Morgan fingerprint density at radius 2 is 1.32 bits per heavy atom. The monoisotopic (exact) mass is 304 g/mol. The Bertz CT molecular complexity index is 714. The van der Waals surface area contributed by atoms with Crippen molar-refractivity contribution >= 4 is 11.8 Å². The largest absolute Gasteiger partial charge is 0.126 e. The molecule has 22 heavy (non-hydrogen) atoms. The van der Waals surface area contributed by atoms with Crippen LogP contribution in [0.15, 0.2) is 83.8 Å². The number of hydrogen-bond acceptors (Lipinski definition) is 1. The normalized spacial score (nSPS) is 10.6. The zero-order chi connectivity index (χ0) is 15.2. The number of hydrogen-bond donors (Lipinski definition) is 0. The number of aryl methyl sites for hydroxylation is 2. The average molecular weight is 304 g/mol. The van der Waals surface area contributed by atoms with E-state index < -0.39 is 0 Å². The lowest BCUT2D eigenvalue weighted by Gasteiger charge is -2.06. The molecule has 0 spiro atoms. The third-order valence-corrected chi connectivity index (χ3v) is 4.98. The van der Waals surface area contributed by atoms with Crippen molar-refractivity contribution in [3.8, 4) is 11.1 Å². The molecule has 110 valence electrons. The molecule has 0 heterocycles. The van der Waals surface area contributed by atoms with Gasteiger partial charge in [0, 0.05) is 10.6 Å². The van der Waals surface area contributed by atoms with Crippen LogP contribution in [0.1, 0.15) is 11.1 Å². The van der Waals surface area contributed by atoms with E-state index in [-0.39, 0.29) is 0 Å². The van der Waals surface area contributed by atoms with Crippen molar-refractivity contribution in [2.75, 3.05) is 5.75 Å². The van der Waals surface area contributed by atoms with Crippen LogP contribution in [-0.4, -0.2) is 5.75 Å². The summed E-state index contributed by atoms with van der Waals surface area (Å²) in [6.07, 6.45) is 1.11. The van der Waals surface area contributed by atoms with Crippen LogP contribution in [-0.2, 0) is 6.42 Å². The first kappa shape index (κ1) is 14.9. The van der Waals surface area contributed by atoms with Crippen LogP contribution in [0.3, 0.4) is 0 Å². The molecule has 0 atom stereocenters. The van der Waals surface area contributed by atoms with Gasteiger partial charge in [-0.05, 0) is 41.7 Å². The number of benzene rings is 3. The Balaban J connectivity index is 1.59. The quantitative estimate of drug-likeness (QED) is 0.521. The van der Waals surface area contributed by atoms with Crippen LogP contribution in [0.25, 0.3) is 11.1 Å². The third kappa shape index (κ3) is 3.80. The molecule has 0 bridgehead atoms. The van der Waals surface area contributed by atoms with E-state index in [1.165, 1.54) is 27.1 Å². The van der Waals surface area contributed by atoms with Gasteiger partial charge >= 0.3 is 0 Å². The Morgan fingerprint density at radius 1 is 0.682 bits per heavy atom. The summed E-state index contributed by atoms with van der Waals surface area (Å²) in [5, 5.41) is 0. The van der Waals surface area contributed by atoms with Crippen molar-refractivity contribution in [2.24, 2.45) is 0 Å². The first-order valence-electron chi connectivity index (χ1n) is 7.66. The lowest BCUT2D eigenvalue weighted by atomic mass is 10.0. The van der Waals surface area contributed by atoms with Crippen molar-refractivity contribution in [3.05, 3.63) is 90.0 Å². The van der Waals surface area contributed by atoms with Gasteiger partial charge in [0.25, 0.3) is 0 Å². The van der Waals surface area contributed by atoms with Gasteiger partial charge in [-0.15, -0.1) is 11.8 Å². The number of rotatable bonds is 5. The van der Waals surface area contributed by atoms with Gasteiger partial charge in [0.2, 0.25) is 0 Å². The Labute approximate surface area is 137 Å². The molecule has 0 amide bonds. The predicted octanol–water partition coefficient (Wildman–Crippen LogP) is 6.00. The summed E-state index contributed by atoms with van der Waals surface area (Å²) in [5.74, 6) is 1.12. The summed E-state index contributed by atoms with van der Waals surface area (Å²) in [5.41, 5.74) is 5.34. The summed E-state index contributed by atoms with van der Waals surface area (Å²) in [6.45, 7) is 2.18. The molecule has 0 aliphatic rings. The molecule has 3 aromatic rings. The van der Waals surface area contributed by atoms with E-state index in [0.717, 1.165) is 12.2 Å². The van der Waals surface area contributed by atoms with Gasteiger partial charge in [-0.2, -0.15) is 0 Å². The maximum Gasteiger partial charge on any atom is 0.0101 e. The molecule has 0 nitrogen and oxygen atoms in total. The van der Waals surface area contributed by atoms with Crippen LogP contribution in [0.4, 0.5) is 0 Å². The average Bonchev–Trinajstić information content (AvgIpc) is 2.58. The van der Waals surface area contributed by atoms with Crippen LogP contribution in [0.2, 0.25) is 0 Å². The van der Waals surface area contributed by atoms with Crippen LogP contribution in [0, 0.1) is 6.92 Å². The van der Waals surface area contributed by atoms with E-state index in [9.17, 15) is 0 Å². The summed E-state index contributed by atoms with van der Waals surface area (Å²) in [6, 6.07) is 28.1.